The van der Waals surface area contributed by atoms with Crippen molar-refractivity contribution in [3.05, 3.63) is 30.1 Å². The Bertz CT molecular complexity index is 676. The summed E-state index contributed by atoms with van der Waals surface area (Å²) in [5.74, 6) is -0.136. The molecule has 3 fully saturated rings. The minimum Gasteiger partial charge on any atom is -0.361 e. The van der Waals surface area contributed by atoms with E-state index < -0.39 is 5.60 Å². The quantitative estimate of drug-likeness (QED) is 0.832. The predicted molar refractivity (Wildman–Crippen MR) is 86.0 cm³/mol. The zero-order valence-electron chi connectivity index (χ0n) is 13.5. The number of likely N-dealkylation sites (tertiary alicyclic amines) is 1. The van der Waals surface area contributed by atoms with E-state index in [2.05, 4.69) is 0 Å². The second-order valence-electron chi connectivity index (χ2n) is 7.07. The number of carbonyl (C=O) groups is 2. The van der Waals surface area contributed by atoms with Gasteiger partial charge in [-0.1, -0.05) is 6.07 Å². The van der Waals surface area contributed by atoms with Crippen LogP contribution in [0.1, 0.15) is 25.7 Å². The van der Waals surface area contributed by atoms with Crippen LogP contribution in [0.25, 0.3) is 0 Å². The van der Waals surface area contributed by atoms with Crippen LogP contribution >= 0.6 is 0 Å². The normalized spacial score (nSPS) is 27.6. The van der Waals surface area contributed by atoms with Crippen LogP contribution in [-0.4, -0.2) is 48.6 Å². The van der Waals surface area contributed by atoms with Gasteiger partial charge in [0, 0.05) is 18.2 Å². The van der Waals surface area contributed by atoms with Gasteiger partial charge in [-0.15, -0.1) is 0 Å². The number of benzene rings is 1. The first kappa shape index (κ1) is 15.6. The fourth-order valence-corrected chi connectivity index (χ4v) is 3.72. The summed E-state index contributed by atoms with van der Waals surface area (Å²) >= 11 is 0. The van der Waals surface area contributed by atoms with Crippen molar-refractivity contribution in [2.45, 2.75) is 31.3 Å². The highest BCUT2D eigenvalue weighted by atomic mass is 19.1. The Morgan fingerprint density at radius 2 is 2.12 bits per heavy atom. The average Bonchev–Trinajstić information content (AvgIpc) is 3.42. The minimum absolute atomic E-state index is 0.0258. The fourth-order valence-electron chi connectivity index (χ4n) is 3.72. The van der Waals surface area contributed by atoms with Gasteiger partial charge in [0.2, 0.25) is 5.91 Å². The van der Waals surface area contributed by atoms with E-state index in [-0.39, 0.29) is 30.2 Å². The van der Waals surface area contributed by atoms with Gasteiger partial charge < -0.3 is 14.5 Å². The molecule has 1 aromatic carbocycles. The number of morpholine rings is 1. The molecule has 2 aliphatic heterocycles. The van der Waals surface area contributed by atoms with Crippen molar-refractivity contribution < 1.29 is 18.7 Å². The first-order valence-corrected chi connectivity index (χ1v) is 8.55. The summed E-state index contributed by atoms with van der Waals surface area (Å²) in [5, 5.41) is 0. The van der Waals surface area contributed by atoms with Crippen molar-refractivity contribution in [1.82, 2.24) is 4.90 Å². The maximum Gasteiger partial charge on any atom is 0.253 e. The number of carbonyl (C=O) groups excluding carboxylic acids is 2. The lowest BCUT2D eigenvalue weighted by atomic mass is 9.90. The van der Waals surface area contributed by atoms with E-state index in [1.54, 1.807) is 17.0 Å². The van der Waals surface area contributed by atoms with Gasteiger partial charge in [0.25, 0.3) is 5.91 Å². The first-order chi connectivity index (χ1) is 11.6. The van der Waals surface area contributed by atoms with E-state index in [0.29, 0.717) is 18.8 Å². The molecule has 1 unspecified atom stereocenters. The molecule has 4 rings (SSSR count). The maximum atomic E-state index is 13.5. The van der Waals surface area contributed by atoms with Crippen LogP contribution in [0.3, 0.4) is 0 Å². The number of hydrogen-bond acceptors (Lipinski definition) is 3. The van der Waals surface area contributed by atoms with Crippen LogP contribution in [0.5, 0.6) is 0 Å². The summed E-state index contributed by atoms with van der Waals surface area (Å²) in [6, 6.07) is 6.06. The number of piperidine rings is 1. The van der Waals surface area contributed by atoms with E-state index in [1.165, 1.54) is 12.1 Å². The number of ether oxygens (including phenoxy) is 1. The predicted octanol–water partition coefficient (Wildman–Crippen LogP) is 1.96. The van der Waals surface area contributed by atoms with E-state index in [0.717, 1.165) is 32.2 Å². The molecule has 1 spiro atoms. The van der Waals surface area contributed by atoms with Crippen LogP contribution in [0, 0.1) is 11.7 Å². The zero-order valence-corrected chi connectivity index (χ0v) is 13.5. The number of rotatable bonds is 2. The maximum absolute atomic E-state index is 13.5. The fraction of sp³-hybridized carbons (Fsp3) is 0.556. The number of nitrogens with zero attached hydrogens (tertiary/aromatic N) is 2. The van der Waals surface area contributed by atoms with Gasteiger partial charge in [-0.2, -0.15) is 0 Å². The lowest BCUT2D eigenvalue weighted by Gasteiger charge is -2.47. The summed E-state index contributed by atoms with van der Waals surface area (Å²) in [5.41, 5.74) is 0.0107. The van der Waals surface area contributed by atoms with Crippen LogP contribution in [-0.2, 0) is 14.3 Å². The summed E-state index contributed by atoms with van der Waals surface area (Å²) in [6.45, 7) is 1.61. The first-order valence-electron chi connectivity index (χ1n) is 8.55. The third kappa shape index (κ3) is 2.90. The Labute approximate surface area is 140 Å². The van der Waals surface area contributed by atoms with Crippen molar-refractivity contribution in [2.24, 2.45) is 5.92 Å². The molecule has 1 aromatic rings. The molecule has 5 nitrogen and oxygen atoms in total. The monoisotopic (exact) mass is 332 g/mol. The molecule has 2 heterocycles. The van der Waals surface area contributed by atoms with Crippen molar-refractivity contribution in [2.75, 3.05) is 31.1 Å². The highest BCUT2D eigenvalue weighted by Crippen LogP contribution is 2.36. The number of amides is 2. The van der Waals surface area contributed by atoms with E-state index in [9.17, 15) is 14.0 Å². The third-order valence-corrected chi connectivity index (χ3v) is 5.15. The summed E-state index contributed by atoms with van der Waals surface area (Å²) in [4.78, 5) is 28.1. The van der Waals surface area contributed by atoms with Gasteiger partial charge >= 0.3 is 0 Å². The Balaban J connectivity index is 1.54. The van der Waals surface area contributed by atoms with Crippen molar-refractivity contribution in [1.29, 1.82) is 0 Å². The molecule has 128 valence electrons. The molecule has 2 amide bonds. The molecule has 1 aliphatic carbocycles. The molecule has 0 N–H and O–H groups in total. The molecule has 1 saturated carbocycles. The van der Waals surface area contributed by atoms with Crippen LogP contribution in [0.4, 0.5) is 10.1 Å². The zero-order chi connectivity index (χ0) is 16.7. The topological polar surface area (TPSA) is 49.9 Å². The molecule has 3 aliphatic rings. The summed E-state index contributed by atoms with van der Waals surface area (Å²) in [7, 11) is 0. The number of halogens is 1. The van der Waals surface area contributed by atoms with Crippen molar-refractivity contribution >= 4 is 17.5 Å². The molecule has 6 heteroatoms. The van der Waals surface area contributed by atoms with E-state index in [1.807, 2.05) is 4.90 Å². The molecular weight excluding hydrogens is 311 g/mol. The van der Waals surface area contributed by atoms with E-state index in [4.69, 9.17) is 4.74 Å². The van der Waals surface area contributed by atoms with Gasteiger partial charge in [-0.05, 0) is 43.9 Å². The van der Waals surface area contributed by atoms with Crippen molar-refractivity contribution in [3.8, 4) is 0 Å². The highest BCUT2D eigenvalue weighted by molar-refractivity contribution is 5.95. The van der Waals surface area contributed by atoms with Crippen LogP contribution in [0.2, 0.25) is 0 Å². The second-order valence-corrected chi connectivity index (χ2v) is 7.07. The average molecular weight is 332 g/mol. The Morgan fingerprint density at radius 1 is 1.29 bits per heavy atom. The van der Waals surface area contributed by atoms with Gasteiger partial charge in [-0.3, -0.25) is 9.59 Å². The third-order valence-electron chi connectivity index (χ3n) is 5.15. The minimum atomic E-state index is -0.539. The highest BCUT2D eigenvalue weighted by Gasteiger charge is 2.46. The molecule has 0 aromatic heterocycles. The van der Waals surface area contributed by atoms with Gasteiger partial charge in [-0.25, -0.2) is 4.39 Å². The van der Waals surface area contributed by atoms with Crippen LogP contribution in [0.15, 0.2) is 24.3 Å². The van der Waals surface area contributed by atoms with Gasteiger partial charge in [0.15, 0.2) is 0 Å². The van der Waals surface area contributed by atoms with Gasteiger partial charge in [0.1, 0.15) is 18.0 Å². The molecule has 2 saturated heterocycles. The SMILES string of the molecule is O=C(C1CC1)N1CCCC2(C1)CN(c1cccc(F)c1)C(=O)CO2. The largest absolute Gasteiger partial charge is 0.361 e. The molecule has 1 atom stereocenters. The Hall–Kier alpha value is -1.95. The summed E-state index contributed by atoms with van der Waals surface area (Å²) in [6.07, 6.45) is 3.64. The van der Waals surface area contributed by atoms with Crippen molar-refractivity contribution in [3.63, 3.8) is 0 Å². The standard InChI is InChI=1S/C18H21FN2O3/c19-14-3-1-4-15(9-14)21-12-18(24-10-16(21)22)7-2-8-20(11-18)17(23)13-5-6-13/h1,3-4,9,13H,2,5-8,10-12H2. The Kier molecular flexibility index (Phi) is 3.79. The number of anilines is 1. The molecular formula is C18H21FN2O3. The molecule has 0 radical (unpaired) electrons. The summed E-state index contributed by atoms with van der Waals surface area (Å²) < 4.78 is 19.4. The number of hydrogen-bond donors (Lipinski definition) is 0. The van der Waals surface area contributed by atoms with Gasteiger partial charge in [0.05, 0.1) is 13.1 Å². The lowest BCUT2D eigenvalue weighted by molar-refractivity contribution is -0.154. The lowest BCUT2D eigenvalue weighted by Crippen LogP contribution is -2.62. The Morgan fingerprint density at radius 3 is 2.88 bits per heavy atom. The molecule has 0 bridgehead atoms. The van der Waals surface area contributed by atoms with E-state index >= 15 is 0 Å². The second kappa shape index (κ2) is 5.84. The molecule has 24 heavy (non-hydrogen) atoms. The smallest absolute Gasteiger partial charge is 0.253 e. The van der Waals surface area contributed by atoms with Crippen LogP contribution < -0.4 is 4.90 Å².